The quantitative estimate of drug-likeness (QED) is 0.142. The Kier molecular flexibility index (Phi) is 8.63. The summed E-state index contributed by atoms with van der Waals surface area (Å²) < 4.78 is 200. The van der Waals surface area contributed by atoms with Crippen molar-refractivity contribution in [1.29, 1.82) is 0 Å². The predicted octanol–water partition coefficient (Wildman–Crippen LogP) is 25.1. The molecule has 0 atom stereocenters. The first-order valence-corrected chi connectivity index (χ1v) is 29.2. The second-order valence-electron chi connectivity index (χ2n) is 21.7. The number of hydrogen-bond donors (Lipinski definition) is 0. The highest BCUT2D eigenvalue weighted by Crippen LogP contribution is 2.49. The van der Waals surface area contributed by atoms with E-state index in [0.29, 0.717) is 55.5 Å². The summed E-state index contributed by atoms with van der Waals surface area (Å²) in [4.78, 5) is 0. The molecule has 0 saturated heterocycles. The van der Waals surface area contributed by atoms with Crippen molar-refractivity contribution in [3.8, 4) is 89.0 Å². The fourth-order valence-corrected chi connectivity index (χ4v) is 12.8. The lowest BCUT2D eigenvalue weighted by atomic mass is 9.85. The summed E-state index contributed by atoms with van der Waals surface area (Å²) in [6.07, 6.45) is 0. The summed E-state index contributed by atoms with van der Waals surface area (Å²) in [6.45, 7) is 0. The van der Waals surface area contributed by atoms with Gasteiger partial charge < -0.3 is 8.83 Å². The summed E-state index contributed by atoms with van der Waals surface area (Å²) in [5, 5.41) is 2.89. The molecule has 0 aliphatic carbocycles. The maximum atomic E-state index is 9.31. The predicted molar refractivity (Wildman–Crippen MR) is 381 cm³/mol. The molecule has 2 heteroatoms. The van der Waals surface area contributed by atoms with E-state index in [0.717, 1.165) is 60.7 Å². The third-order valence-corrected chi connectivity index (χ3v) is 16.7. The molecule has 0 N–H and O–H groups in total. The topological polar surface area (TPSA) is 26.3 Å². The van der Waals surface area contributed by atoms with E-state index in [1.165, 1.54) is 0 Å². The fraction of sp³-hybridized carbons (Fsp3) is 0. The molecule has 0 unspecified atom stereocenters. The highest BCUT2D eigenvalue weighted by atomic mass is 16.3. The molecule has 0 fully saturated rings. The van der Waals surface area contributed by atoms with Crippen LogP contribution in [0.25, 0.3) is 176 Å². The van der Waals surface area contributed by atoms with Gasteiger partial charge in [-0.1, -0.05) is 297 Å². The third-order valence-electron chi connectivity index (χ3n) is 16.7. The van der Waals surface area contributed by atoms with Gasteiger partial charge in [0.25, 0.3) is 0 Å². The zero-order chi connectivity index (χ0) is 77.8. The first-order chi connectivity index (χ1) is 53.4. The van der Waals surface area contributed by atoms with Gasteiger partial charge in [0.1, 0.15) is 22.3 Å². The molecule has 2 aromatic heterocycles. The Labute approximate surface area is 550 Å². The molecule has 0 spiro atoms. The molecule has 0 bridgehead atoms. The van der Waals surface area contributed by atoms with Crippen molar-refractivity contribution in [2.75, 3.05) is 0 Å². The molecule has 0 radical (unpaired) electrons. The Morgan fingerprint density at radius 3 is 1.02 bits per heavy atom. The Morgan fingerprint density at radius 2 is 0.556 bits per heavy atom. The lowest BCUT2D eigenvalue weighted by Crippen LogP contribution is -1.90. The molecule has 90 heavy (non-hydrogen) atoms. The highest BCUT2D eigenvalue weighted by Gasteiger charge is 2.23. The van der Waals surface area contributed by atoms with E-state index in [1.54, 1.807) is 48.5 Å². The molecule has 0 aliphatic heterocycles. The average molecular weight is 1170 g/mol. The van der Waals surface area contributed by atoms with Gasteiger partial charge >= 0.3 is 0 Å². The first kappa shape index (κ1) is 35.1. The van der Waals surface area contributed by atoms with E-state index in [1.807, 2.05) is 146 Å². The Morgan fingerprint density at radius 1 is 0.200 bits per heavy atom. The zero-order valence-electron chi connectivity index (χ0n) is 68.5. The van der Waals surface area contributed by atoms with Gasteiger partial charge in [0.2, 0.25) is 0 Å². The minimum atomic E-state index is -0.718. The van der Waals surface area contributed by atoms with Crippen LogP contribution in [0.3, 0.4) is 0 Å². The largest absolute Gasteiger partial charge is 0.456 e. The first-order valence-electron chi connectivity index (χ1n) is 39.7. The van der Waals surface area contributed by atoms with E-state index < -0.39 is 108 Å². The van der Waals surface area contributed by atoms with Crippen molar-refractivity contribution in [3.63, 3.8) is 0 Å². The zero-order valence-corrected chi connectivity index (χ0v) is 47.5. The van der Waals surface area contributed by atoms with E-state index in [9.17, 15) is 11.0 Å². The number of hydrogen-bond acceptors (Lipinski definition) is 2. The monoisotopic (exact) mass is 1170 g/mol. The van der Waals surface area contributed by atoms with E-state index in [4.69, 9.17) is 26.7 Å². The van der Waals surface area contributed by atoms with Gasteiger partial charge in [0.15, 0.2) is 0 Å². The normalized spacial score (nSPS) is 14.8. The van der Waals surface area contributed by atoms with Crippen LogP contribution in [0.1, 0.15) is 28.8 Å². The smallest absolute Gasteiger partial charge is 0.143 e. The van der Waals surface area contributed by atoms with Crippen LogP contribution in [0.15, 0.2) is 348 Å². The van der Waals surface area contributed by atoms with Crippen molar-refractivity contribution in [3.05, 3.63) is 339 Å². The van der Waals surface area contributed by atoms with Crippen LogP contribution in [0.4, 0.5) is 0 Å². The Balaban J connectivity index is 0.000000162. The van der Waals surface area contributed by atoms with Gasteiger partial charge in [0.05, 0.1) is 28.8 Å². The molecule has 2 nitrogen and oxygen atoms in total. The van der Waals surface area contributed by atoms with Crippen molar-refractivity contribution in [1.82, 2.24) is 0 Å². The van der Waals surface area contributed by atoms with Crippen LogP contribution >= 0.6 is 0 Å². The van der Waals surface area contributed by atoms with Crippen molar-refractivity contribution in [2.24, 2.45) is 0 Å². The lowest BCUT2D eigenvalue weighted by molar-refractivity contribution is 0.669. The van der Waals surface area contributed by atoms with E-state index >= 15 is 0 Å². The second-order valence-corrected chi connectivity index (χ2v) is 21.7. The molecule has 18 rings (SSSR count). The molecule has 18 aromatic rings. The summed E-state index contributed by atoms with van der Waals surface area (Å²) in [6, 6.07) is 56.1. The van der Waals surface area contributed by atoms with Crippen LogP contribution in [0.5, 0.6) is 0 Å². The second kappa shape index (κ2) is 22.1. The van der Waals surface area contributed by atoms with Crippen molar-refractivity contribution >= 4 is 87.0 Å². The molecular weight excluding hydrogens is 1090 g/mol. The Bertz CT molecular complexity index is 6860. The standard InChI is InChI=1S/2C44H28O/c1-4-14-29(15-5-1)33-25-26-34(30-16-6-2-7-17-30)44-43(33)39-28-32(24-27-40(39)45-44)42-37-22-12-10-20-35(37)41(31-18-8-3-9-19-31)36-21-11-13-23-38(36)42;1-4-14-29(15-5-1)33-27-38(30-16-6-2-7-17-30)44-39-26-32(24-25-40(39)45-41(44)28-33)43-36-22-12-10-20-34(36)42(31-18-8-3-9-19-31)35-21-11-13-23-37(35)43/h2*1-28H/i10D,11D,12D,13D,20D,21D,22D,23D;3D,8D,9D,10D,11D,12D,13D,18D,19D,20D,21D,22D,23D. The van der Waals surface area contributed by atoms with Gasteiger partial charge in [-0.05, 0) is 169 Å². The number of fused-ring (bicyclic) bond motifs is 10. The minimum Gasteiger partial charge on any atom is -0.456 e. The number of rotatable bonds is 8. The molecule has 420 valence electrons. The average Bonchev–Trinajstić information content (AvgIpc) is 1.34. The third kappa shape index (κ3) is 8.96. The van der Waals surface area contributed by atoms with Crippen LogP contribution in [-0.2, 0) is 0 Å². The highest BCUT2D eigenvalue weighted by molar-refractivity contribution is 6.25. The number of furan rings is 2. The summed E-state index contributed by atoms with van der Waals surface area (Å²) in [7, 11) is 0. The summed E-state index contributed by atoms with van der Waals surface area (Å²) in [5.41, 5.74) is 11.1. The van der Waals surface area contributed by atoms with Gasteiger partial charge in [-0.2, -0.15) is 0 Å². The van der Waals surface area contributed by atoms with Crippen molar-refractivity contribution in [2.45, 2.75) is 0 Å². The fourth-order valence-electron chi connectivity index (χ4n) is 12.8. The minimum absolute atomic E-state index is 0.0542. The molecule has 0 saturated carbocycles. The molecule has 0 amide bonds. The van der Waals surface area contributed by atoms with Gasteiger partial charge in [-0.3, -0.25) is 0 Å². The summed E-state index contributed by atoms with van der Waals surface area (Å²) >= 11 is 0. The molecule has 0 aliphatic rings. The van der Waals surface area contributed by atoms with Gasteiger partial charge in [0, 0.05) is 27.1 Å². The summed E-state index contributed by atoms with van der Waals surface area (Å²) in [5.74, 6) is 0. The van der Waals surface area contributed by atoms with E-state index in [-0.39, 0.29) is 78.4 Å². The van der Waals surface area contributed by atoms with E-state index in [2.05, 4.69) is 18.2 Å². The van der Waals surface area contributed by atoms with Gasteiger partial charge in [-0.15, -0.1) is 0 Å². The van der Waals surface area contributed by atoms with Crippen LogP contribution in [0, 0.1) is 0 Å². The SMILES string of the molecule is [2H]c1c([2H])c([2H])c(-c2c3c([2H])c([2H])c([2H])c([2H])c3c(-c3ccc4oc5cc(-c6ccccc6)cc(-c6ccccc6)c5c4c3)c3c([2H])c([2H])c([2H])c([2H])c23)c([2H])c1[2H].[2H]c1c([2H])c([2H])c2c(-c3ccc4oc5c(-c6ccccc6)ccc(-c6ccccc6)c5c4c3)c3c([2H])c([2H])c([2H])c([2H])c3c(-c3ccccc3)c2c1[2H]. The number of benzene rings is 16. The van der Waals surface area contributed by atoms with Crippen LogP contribution in [-0.4, -0.2) is 0 Å². The maximum Gasteiger partial charge on any atom is 0.143 e. The lowest BCUT2D eigenvalue weighted by Gasteiger charge is -2.17. The molecule has 16 aromatic carbocycles. The molecule has 2 heterocycles. The van der Waals surface area contributed by atoms with Gasteiger partial charge in [-0.25, -0.2) is 0 Å². The van der Waals surface area contributed by atoms with Crippen LogP contribution in [0.2, 0.25) is 0 Å². The van der Waals surface area contributed by atoms with Crippen molar-refractivity contribution < 1.29 is 37.6 Å². The van der Waals surface area contributed by atoms with Crippen LogP contribution < -0.4 is 0 Å². The molecular formula is C88H56O2. The maximum absolute atomic E-state index is 9.31. The Hall–Kier alpha value is -11.8.